The van der Waals surface area contributed by atoms with E-state index in [9.17, 15) is 9.59 Å². The van der Waals surface area contributed by atoms with Crippen molar-refractivity contribution in [1.29, 1.82) is 0 Å². The Balaban J connectivity index is 1.21. The fraction of sp³-hybridized carbons (Fsp3) is 0.192. The van der Waals surface area contributed by atoms with E-state index in [1.54, 1.807) is 17.0 Å². The molecular weight excluding hydrogens is 452 g/mol. The SMILES string of the molecule is O=C(OCC(=O)N1CCN(c2cccc(Cl)c2)CC1)c1ccccc1-c1nc2ccccc2[nH]1. The maximum atomic E-state index is 12.9. The molecule has 0 radical (unpaired) electrons. The second-order valence-corrected chi connectivity index (χ2v) is 8.51. The molecule has 8 heteroatoms. The Kier molecular flexibility index (Phi) is 6.18. The Bertz CT molecular complexity index is 1310. The van der Waals surface area contributed by atoms with Crippen LogP contribution in [-0.4, -0.2) is 59.5 Å². The molecule has 0 atom stereocenters. The first kappa shape index (κ1) is 22.0. The number of esters is 1. The minimum atomic E-state index is -0.554. The van der Waals surface area contributed by atoms with Gasteiger partial charge in [-0.3, -0.25) is 4.79 Å². The van der Waals surface area contributed by atoms with E-state index < -0.39 is 5.97 Å². The molecule has 5 rings (SSSR count). The molecule has 0 unspecified atom stereocenters. The summed E-state index contributed by atoms with van der Waals surface area (Å²) in [7, 11) is 0. The van der Waals surface area contributed by atoms with E-state index in [-0.39, 0.29) is 12.5 Å². The van der Waals surface area contributed by atoms with Crippen molar-refractivity contribution in [3.63, 3.8) is 0 Å². The van der Waals surface area contributed by atoms with Crippen LogP contribution in [0.3, 0.4) is 0 Å². The maximum absolute atomic E-state index is 12.9. The number of ether oxygens (including phenoxy) is 1. The van der Waals surface area contributed by atoms with Gasteiger partial charge in [-0.25, -0.2) is 9.78 Å². The van der Waals surface area contributed by atoms with Crippen molar-refractivity contribution in [2.75, 3.05) is 37.7 Å². The molecule has 0 bridgehead atoms. The van der Waals surface area contributed by atoms with Crippen molar-refractivity contribution in [1.82, 2.24) is 14.9 Å². The minimum absolute atomic E-state index is 0.208. The summed E-state index contributed by atoms with van der Waals surface area (Å²) in [5.41, 5.74) is 3.72. The van der Waals surface area contributed by atoms with Gasteiger partial charge in [0.15, 0.2) is 6.61 Å². The van der Waals surface area contributed by atoms with E-state index in [1.165, 1.54) is 0 Å². The van der Waals surface area contributed by atoms with Gasteiger partial charge in [0.2, 0.25) is 0 Å². The smallest absolute Gasteiger partial charge is 0.339 e. The number of rotatable bonds is 5. The lowest BCUT2D eigenvalue weighted by molar-refractivity contribution is -0.134. The largest absolute Gasteiger partial charge is 0.452 e. The third-order valence-corrected chi connectivity index (χ3v) is 6.16. The zero-order valence-electron chi connectivity index (χ0n) is 18.4. The fourth-order valence-corrected chi connectivity index (χ4v) is 4.32. The number of aromatic nitrogens is 2. The van der Waals surface area contributed by atoms with E-state index in [0.717, 1.165) is 16.7 Å². The minimum Gasteiger partial charge on any atom is -0.452 e. The zero-order valence-corrected chi connectivity index (χ0v) is 19.2. The topological polar surface area (TPSA) is 78.5 Å². The first-order valence-corrected chi connectivity index (χ1v) is 11.5. The first-order valence-electron chi connectivity index (χ1n) is 11.1. The van der Waals surface area contributed by atoms with Gasteiger partial charge in [-0.05, 0) is 36.4 Å². The number of imidazole rings is 1. The maximum Gasteiger partial charge on any atom is 0.339 e. The van der Waals surface area contributed by atoms with Gasteiger partial charge in [0.05, 0.1) is 16.6 Å². The van der Waals surface area contributed by atoms with E-state index in [0.29, 0.717) is 48.2 Å². The molecule has 7 nitrogen and oxygen atoms in total. The Morgan fingerprint density at radius 3 is 2.50 bits per heavy atom. The van der Waals surface area contributed by atoms with Crippen molar-refractivity contribution in [3.05, 3.63) is 83.4 Å². The molecule has 1 aliphatic heterocycles. The number of carbonyl (C=O) groups is 2. The van der Waals surface area contributed by atoms with Crippen LogP contribution in [0.5, 0.6) is 0 Å². The average Bonchev–Trinajstić information content (AvgIpc) is 3.31. The van der Waals surface area contributed by atoms with Crippen LogP contribution in [-0.2, 0) is 9.53 Å². The molecule has 172 valence electrons. The molecule has 1 amide bonds. The third kappa shape index (κ3) is 4.61. The summed E-state index contributed by atoms with van der Waals surface area (Å²) in [6.45, 7) is 2.19. The standard InChI is InChI=1S/C26H23ClN4O3/c27-18-6-5-7-19(16-18)30-12-14-31(15-13-30)24(32)17-34-26(33)21-9-2-1-8-20(21)25-28-22-10-3-4-11-23(22)29-25/h1-11,16H,12-15,17H2,(H,28,29). The van der Waals surface area contributed by atoms with E-state index in [4.69, 9.17) is 16.3 Å². The highest BCUT2D eigenvalue weighted by Crippen LogP contribution is 2.25. The molecule has 34 heavy (non-hydrogen) atoms. The number of nitrogens with one attached hydrogen (secondary N) is 1. The first-order chi connectivity index (χ1) is 16.6. The van der Waals surface area contributed by atoms with Crippen LogP contribution in [0.4, 0.5) is 5.69 Å². The van der Waals surface area contributed by atoms with Crippen LogP contribution in [0.2, 0.25) is 5.02 Å². The van der Waals surface area contributed by atoms with Crippen molar-refractivity contribution < 1.29 is 14.3 Å². The average molecular weight is 475 g/mol. The lowest BCUT2D eigenvalue weighted by Gasteiger charge is -2.36. The van der Waals surface area contributed by atoms with E-state index in [1.807, 2.05) is 60.7 Å². The number of nitrogens with zero attached hydrogens (tertiary/aromatic N) is 3. The number of carbonyl (C=O) groups excluding carboxylic acids is 2. The number of piperazine rings is 1. The highest BCUT2D eigenvalue weighted by Gasteiger charge is 2.23. The van der Waals surface area contributed by atoms with E-state index >= 15 is 0 Å². The molecule has 0 saturated carbocycles. The summed E-state index contributed by atoms with van der Waals surface area (Å²) in [5.74, 6) is -0.181. The molecule has 1 N–H and O–H groups in total. The number of amides is 1. The summed E-state index contributed by atoms with van der Waals surface area (Å²) < 4.78 is 5.40. The van der Waals surface area contributed by atoms with Crippen LogP contribution in [0.15, 0.2) is 72.8 Å². The number of aromatic amines is 1. The Morgan fingerprint density at radius 1 is 0.941 bits per heavy atom. The van der Waals surface area contributed by atoms with Gasteiger partial charge in [0.25, 0.3) is 5.91 Å². The van der Waals surface area contributed by atoms with Gasteiger partial charge in [-0.2, -0.15) is 0 Å². The number of hydrogen-bond acceptors (Lipinski definition) is 5. The number of anilines is 1. The normalized spacial score (nSPS) is 13.8. The van der Waals surface area contributed by atoms with Crippen molar-refractivity contribution >= 4 is 40.2 Å². The van der Waals surface area contributed by atoms with Crippen LogP contribution in [0.1, 0.15) is 10.4 Å². The zero-order chi connectivity index (χ0) is 23.5. The van der Waals surface area contributed by atoms with Gasteiger partial charge < -0.3 is 19.5 Å². The lowest BCUT2D eigenvalue weighted by atomic mass is 10.1. The van der Waals surface area contributed by atoms with Crippen LogP contribution >= 0.6 is 11.6 Å². The summed E-state index contributed by atoms with van der Waals surface area (Å²) >= 11 is 6.09. The van der Waals surface area contributed by atoms with Gasteiger partial charge in [-0.1, -0.05) is 48.0 Å². The monoisotopic (exact) mass is 474 g/mol. The van der Waals surface area contributed by atoms with Crippen molar-refractivity contribution in [3.8, 4) is 11.4 Å². The highest BCUT2D eigenvalue weighted by molar-refractivity contribution is 6.30. The Labute approximate surface area is 201 Å². The Morgan fingerprint density at radius 2 is 1.71 bits per heavy atom. The van der Waals surface area contributed by atoms with Crippen molar-refractivity contribution in [2.24, 2.45) is 0 Å². The summed E-state index contributed by atoms with van der Waals surface area (Å²) in [5, 5.41) is 0.686. The fourth-order valence-electron chi connectivity index (χ4n) is 4.13. The molecular formula is C26H23ClN4O3. The van der Waals surface area contributed by atoms with Gasteiger partial charge in [0.1, 0.15) is 5.82 Å². The third-order valence-electron chi connectivity index (χ3n) is 5.92. The number of H-pyrrole nitrogens is 1. The van der Waals surface area contributed by atoms with Crippen molar-refractivity contribution in [2.45, 2.75) is 0 Å². The number of hydrogen-bond donors (Lipinski definition) is 1. The van der Waals surface area contributed by atoms with Gasteiger partial charge in [-0.15, -0.1) is 0 Å². The molecule has 1 aromatic heterocycles. The van der Waals surface area contributed by atoms with Gasteiger partial charge >= 0.3 is 5.97 Å². The molecule has 2 heterocycles. The lowest BCUT2D eigenvalue weighted by Crippen LogP contribution is -2.49. The summed E-state index contributed by atoms with van der Waals surface area (Å²) in [6.07, 6.45) is 0. The molecule has 0 aliphatic carbocycles. The summed E-state index contributed by atoms with van der Waals surface area (Å²) in [6, 6.07) is 22.4. The van der Waals surface area contributed by atoms with E-state index in [2.05, 4.69) is 14.9 Å². The van der Waals surface area contributed by atoms with Crippen LogP contribution in [0, 0.1) is 0 Å². The predicted octanol–water partition coefficient (Wildman–Crippen LogP) is 4.39. The second kappa shape index (κ2) is 9.57. The molecule has 3 aromatic carbocycles. The van der Waals surface area contributed by atoms with Crippen LogP contribution < -0.4 is 4.90 Å². The molecule has 1 fully saturated rings. The highest BCUT2D eigenvalue weighted by atomic mass is 35.5. The number of para-hydroxylation sites is 2. The van der Waals surface area contributed by atoms with Crippen LogP contribution in [0.25, 0.3) is 22.4 Å². The number of halogens is 1. The molecule has 4 aromatic rings. The predicted molar refractivity (Wildman–Crippen MR) is 132 cm³/mol. The molecule has 0 spiro atoms. The quantitative estimate of drug-likeness (QED) is 0.434. The molecule has 1 aliphatic rings. The Hall–Kier alpha value is -3.84. The number of benzene rings is 3. The molecule has 1 saturated heterocycles. The summed E-state index contributed by atoms with van der Waals surface area (Å²) in [4.78, 5) is 37.3. The second-order valence-electron chi connectivity index (χ2n) is 8.07. The number of fused-ring (bicyclic) bond motifs is 1. The van der Waals surface area contributed by atoms with Gasteiger partial charge in [0, 0.05) is 42.5 Å².